The summed E-state index contributed by atoms with van der Waals surface area (Å²) in [6, 6.07) is 0. The van der Waals surface area contributed by atoms with Crippen LogP contribution >= 0.6 is 0 Å². The van der Waals surface area contributed by atoms with Crippen molar-refractivity contribution in [2.75, 3.05) is 32.7 Å². The van der Waals surface area contributed by atoms with Gasteiger partial charge in [-0.05, 0) is 50.5 Å². The van der Waals surface area contributed by atoms with E-state index in [1.807, 2.05) is 4.90 Å². The normalized spacial score (nSPS) is 32.0. The molecule has 2 saturated heterocycles. The molecule has 3 rings (SSSR count). The van der Waals surface area contributed by atoms with Crippen LogP contribution in [0.4, 0.5) is 0 Å². The molecule has 0 radical (unpaired) electrons. The summed E-state index contributed by atoms with van der Waals surface area (Å²) in [5.74, 6) is 0.308. The van der Waals surface area contributed by atoms with Crippen LogP contribution in [0.15, 0.2) is 0 Å². The first kappa shape index (κ1) is 19.1. The maximum atomic E-state index is 12.8. The van der Waals surface area contributed by atoms with Gasteiger partial charge >= 0.3 is 0 Å². The summed E-state index contributed by atoms with van der Waals surface area (Å²) >= 11 is 0. The number of likely N-dealkylation sites (tertiary alicyclic amines) is 1. The maximum absolute atomic E-state index is 12.8. The van der Waals surface area contributed by atoms with Gasteiger partial charge in [0.1, 0.15) is 0 Å². The van der Waals surface area contributed by atoms with Gasteiger partial charge in [-0.1, -0.05) is 19.8 Å². The molecule has 3 aliphatic rings. The van der Waals surface area contributed by atoms with Crippen molar-refractivity contribution in [2.24, 2.45) is 11.3 Å². The highest BCUT2D eigenvalue weighted by Crippen LogP contribution is 2.29. The van der Waals surface area contributed by atoms with Crippen molar-refractivity contribution in [2.45, 2.75) is 63.5 Å². The molecule has 6 nitrogen and oxygen atoms in total. The Morgan fingerprint density at radius 1 is 1.20 bits per heavy atom. The van der Waals surface area contributed by atoms with Gasteiger partial charge in [0.05, 0.1) is 5.25 Å². The Morgan fingerprint density at radius 3 is 2.64 bits per heavy atom. The number of carbonyl (C=O) groups is 1. The van der Waals surface area contributed by atoms with Gasteiger partial charge in [0.2, 0.25) is 15.9 Å². The molecule has 2 unspecified atom stereocenters. The second kappa shape index (κ2) is 7.92. The second-order valence-electron chi connectivity index (χ2n) is 8.49. The number of nitrogens with zero attached hydrogens (tertiary/aromatic N) is 1. The zero-order valence-corrected chi connectivity index (χ0v) is 16.2. The summed E-state index contributed by atoms with van der Waals surface area (Å²) in [7, 11) is -3.38. The van der Waals surface area contributed by atoms with Crippen LogP contribution in [0.5, 0.6) is 0 Å². The number of sulfonamides is 1. The Kier molecular flexibility index (Phi) is 6.06. The van der Waals surface area contributed by atoms with Gasteiger partial charge in [0.15, 0.2) is 0 Å². The molecule has 25 heavy (non-hydrogen) atoms. The topological polar surface area (TPSA) is 78.5 Å². The zero-order valence-electron chi connectivity index (χ0n) is 15.4. The van der Waals surface area contributed by atoms with Crippen molar-refractivity contribution in [3.05, 3.63) is 0 Å². The fourth-order valence-corrected chi connectivity index (χ4v) is 6.12. The highest BCUT2D eigenvalue weighted by molar-refractivity contribution is 7.90. The highest BCUT2D eigenvalue weighted by Gasteiger charge is 2.37. The van der Waals surface area contributed by atoms with E-state index in [4.69, 9.17) is 0 Å². The lowest BCUT2D eigenvalue weighted by Gasteiger charge is -2.36. The smallest absolute Gasteiger partial charge is 0.225 e. The molecule has 0 bridgehead atoms. The number of hydrogen-bond acceptors (Lipinski definition) is 4. The lowest BCUT2D eigenvalue weighted by Crippen LogP contribution is -2.52. The summed E-state index contributed by atoms with van der Waals surface area (Å²) in [6.45, 7) is 5.56. The molecular formula is C18H33N3O3S. The number of nitrogens with one attached hydrogen (secondary N) is 2. The monoisotopic (exact) mass is 371 g/mol. The number of piperidine rings is 2. The van der Waals surface area contributed by atoms with Gasteiger partial charge in [-0.25, -0.2) is 13.1 Å². The van der Waals surface area contributed by atoms with Crippen LogP contribution in [0, 0.1) is 11.3 Å². The molecule has 0 spiro atoms. The summed E-state index contributed by atoms with van der Waals surface area (Å²) in [4.78, 5) is 14.4. The first-order valence-corrected chi connectivity index (χ1v) is 11.4. The fraction of sp³-hybridized carbons (Fsp3) is 0.944. The van der Waals surface area contributed by atoms with E-state index in [9.17, 15) is 13.2 Å². The van der Waals surface area contributed by atoms with Gasteiger partial charge in [0, 0.05) is 32.1 Å². The molecule has 0 aromatic rings. The van der Waals surface area contributed by atoms with Gasteiger partial charge in [-0.15, -0.1) is 0 Å². The molecule has 2 N–H and O–H groups in total. The van der Waals surface area contributed by atoms with Crippen LogP contribution in [0.2, 0.25) is 0 Å². The van der Waals surface area contributed by atoms with Crippen LogP contribution < -0.4 is 10.0 Å². The minimum absolute atomic E-state index is 0.0145. The van der Waals surface area contributed by atoms with E-state index < -0.39 is 15.3 Å². The molecule has 1 aliphatic carbocycles. The molecule has 3 fully saturated rings. The third-order valence-corrected chi connectivity index (χ3v) is 8.03. The first-order valence-electron chi connectivity index (χ1n) is 9.88. The molecule has 0 aromatic heterocycles. The quantitative estimate of drug-likeness (QED) is 0.767. The number of hydrogen-bond donors (Lipinski definition) is 2. The second-order valence-corrected chi connectivity index (χ2v) is 10.5. The van der Waals surface area contributed by atoms with Crippen LogP contribution in [-0.4, -0.2) is 57.2 Å². The Hall–Kier alpha value is -0.660. The van der Waals surface area contributed by atoms with Crippen molar-refractivity contribution in [1.82, 2.24) is 14.9 Å². The Bertz CT molecular complexity index is 566. The Balaban J connectivity index is 1.56. The van der Waals surface area contributed by atoms with E-state index in [0.717, 1.165) is 58.0 Å². The lowest BCUT2D eigenvalue weighted by molar-refractivity contribution is -0.136. The number of amides is 1. The summed E-state index contributed by atoms with van der Waals surface area (Å²) in [5, 5.41) is 2.89. The zero-order chi connectivity index (χ0) is 17.9. The summed E-state index contributed by atoms with van der Waals surface area (Å²) in [6.07, 6.45) is 7.75. The third-order valence-electron chi connectivity index (χ3n) is 6.22. The molecule has 2 heterocycles. The van der Waals surface area contributed by atoms with Gasteiger partial charge in [-0.3, -0.25) is 4.79 Å². The summed E-state index contributed by atoms with van der Waals surface area (Å²) in [5.41, 5.74) is -0.0145. The third kappa shape index (κ3) is 4.74. The SMILES string of the molecule is CC1(CNS(=O)(=O)C2CCCN(C(=O)C3CCCC3)C2)CCCNC1. The molecule has 7 heteroatoms. The Morgan fingerprint density at radius 2 is 1.96 bits per heavy atom. The van der Waals surface area contributed by atoms with E-state index >= 15 is 0 Å². The van der Waals surface area contributed by atoms with E-state index in [-0.39, 0.29) is 17.2 Å². The standard InChI is InChI=1S/C18H33N3O3S/c1-18(9-5-10-19-13-18)14-20-25(23,24)16-8-4-11-21(12-16)17(22)15-6-2-3-7-15/h15-16,19-20H,2-14H2,1H3. The fourth-order valence-electron chi connectivity index (χ4n) is 4.48. The molecule has 1 amide bonds. The van der Waals surface area contributed by atoms with Crippen LogP contribution in [0.25, 0.3) is 0 Å². The van der Waals surface area contributed by atoms with Crippen molar-refractivity contribution < 1.29 is 13.2 Å². The van der Waals surface area contributed by atoms with E-state index in [2.05, 4.69) is 17.0 Å². The van der Waals surface area contributed by atoms with Crippen LogP contribution in [0.3, 0.4) is 0 Å². The van der Waals surface area contributed by atoms with Crippen molar-refractivity contribution in [1.29, 1.82) is 0 Å². The molecule has 2 aliphatic heterocycles. The minimum Gasteiger partial charge on any atom is -0.341 e. The molecule has 1 saturated carbocycles. The van der Waals surface area contributed by atoms with E-state index in [1.54, 1.807) is 0 Å². The predicted octanol–water partition coefficient (Wildman–Crippen LogP) is 1.48. The number of carbonyl (C=O) groups excluding carboxylic acids is 1. The van der Waals surface area contributed by atoms with Gasteiger partial charge in [0.25, 0.3) is 0 Å². The minimum atomic E-state index is -3.38. The molecular weight excluding hydrogens is 338 g/mol. The molecule has 0 aromatic carbocycles. The average Bonchev–Trinajstić information content (AvgIpc) is 3.15. The van der Waals surface area contributed by atoms with Gasteiger partial charge in [-0.2, -0.15) is 0 Å². The highest BCUT2D eigenvalue weighted by atomic mass is 32.2. The average molecular weight is 372 g/mol. The van der Waals surface area contributed by atoms with Gasteiger partial charge < -0.3 is 10.2 Å². The largest absolute Gasteiger partial charge is 0.341 e. The van der Waals surface area contributed by atoms with E-state index in [0.29, 0.717) is 26.1 Å². The van der Waals surface area contributed by atoms with Crippen LogP contribution in [-0.2, 0) is 14.8 Å². The Labute approximate surface area is 152 Å². The maximum Gasteiger partial charge on any atom is 0.225 e. The number of rotatable bonds is 5. The molecule has 2 atom stereocenters. The first-order chi connectivity index (χ1) is 11.9. The lowest BCUT2D eigenvalue weighted by atomic mass is 9.83. The van der Waals surface area contributed by atoms with Crippen molar-refractivity contribution in [3.8, 4) is 0 Å². The predicted molar refractivity (Wildman–Crippen MR) is 98.7 cm³/mol. The van der Waals surface area contributed by atoms with E-state index in [1.165, 1.54) is 0 Å². The summed E-state index contributed by atoms with van der Waals surface area (Å²) < 4.78 is 28.4. The van der Waals surface area contributed by atoms with Crippen molar-refractivity contribution >= 4 is 15.9 Å². The van der Waals surface area contributed by atoms with Crippen LogP contribution in [0.1, 0.15) is 58.3 Å². The molecule has 144 valence electrons. The van der Waals surface area contributed by atoms with Crippen molar-refractivity contribution in [3.63, 3.8) is 0 Å².